The van der Waals surface area contributed by atoms with Crippen molar-refractivity contribution in [1.82, 2.24) is 4.98 Å². The average Bonchev–Trinajstić information content (AvgIpc) is 2.83. The highest BCUT2D eigenvalue weighted by molar-refractivity contribution is 5.92. The Kier molecular flexibility index (Phi) is 3.31. The van der Waals surface area contributed by atoms with E-state index in [1.54, 1.807) is 0 Å². The second kappa shape index (κ2) is 4.91. The summed E-state index contributed by atoms with van der Waals surface area (Å²) >= 11 is 0. The Bertz CT molecular complexity index is 570. The van der Waals surface area contributed by atoms with E-state index in [4.69, 9.17) is 0 Å². The zero-order valence-electron chi connectivity index (χ0n) is 8.91. The van der Waals surface area contributed by atoms with Crippen LogP contribution in [0.4, 0.5) is 18.9 Å². The monoisotopic (exact) mass is 256 g/mol. The lowest BCUT2D eigenvalue weighted by Gasteiger charge is -2.06. The van der Waals surface area contributed by atoms with E-state index in [-0.39, 0.29) is 6.42 Å². The number of amides is 1. The minimum atomic E-state index is -1.63. The first-order valence-electron chi connectivity index (χ1n) is 4.88. The molecule has 1 aromatic carbocycles. The largest absolute Gasteiger partial charge is 0.451 e. The van der Waals surface area contributed by atoms with Crippen molar-refractivity contribution in [3.8, 4) is 0 Å². The summed E-state index contributed by atoms with van der Waals surface area (Å²) in [6.07, 6.45) is 2.23. The zero-order chi connectivity index (χ0) is 13.1. The number of hydrogen-bond donors (Lipinski definition) is 1. The van der Waals surface area contributed by atoms with Crippen molar-refractivity contribution in [2.75, 3.05) is 5.32 Å². The van der Waals surface area contributed by atoms with Crippen molar-refractivity contribution in [2.24, 2.45) is 0 Å². The number of nitrogens with zero attached hydrogens (tertiary/aromatic N) is 1. The van der Waals surface area contributed by atoms with E-state index in [1.807, 2.05) is 0 Å². The van der Waals surface area contributed by atoms with Crippen LogP contribution < -0.4 is 5.32 Å². The number of hydrogen-bond acceptors (Lipinski definition) is 3. The molecule has 0 aliphatic carbocycles. The van der Waals surface area contributed by atoms with Gasteiger partial charge in [0, 0.05) is 0 Å². The first kappa shape index (κ1) is 12.2. The molecule has 0 radical (unpaired) electrons. The van der Waals surface area contributed by atoms with Gasteiger partial charge in [-0.1, -0.05) is 0 Å². The molecule has 0 aliphatic heterocycles. The third kappa shape index (κ3) is 2.50. The molecule has 4 nitrogen and oxygen atoms in total. The van der Waals surface area contributed by atoms with Gasteiger partial charge in [-0.05, 0) is 12.1 Å². The SMILES string of the molecule is O=C(Cc1cocn1)Nc1ccc(F)c(F)c1F. The molecular weight excluding hydrogens is 249 g/mol. The topological polar surface area (TPSA) is 55.1 Å². The van der Waals surface area contributed by atoms with Gasteiger partial charge in [0.25, 0.3) is 0 Å². The summed E-state index contributed by atoms with van der Waals surface area (Å²) < 4.78 is 43.4. The summed E-state index contributed by atoms with van der Waals surface area (Å²) in [5.74, 6) is -5.01. The molecular formula is C11H7F3N2O2. The van der Waals surface area contributed by atoms with Gasteiger partial charge in [0.15, 0.2) is 23.8 Å². The van der Waals surface area contributed by atoms with Crippen molar-refractivity contribution in [3.05, 3.63) is 47.9 Å². The number of rotatable bonds is 3. The second-order valence-electron chi connectivity index (χ2n) is 3.43. The Morgan fingerprint density at radius 2 is 2.06 bits per heavy atom. The second-order valence-corrected chi connectivity index (χ2v) is 3.43. The molecule has 1 aromatic heterocycles. The lowest BCUT2D eigenvalue weighted by molar-refractivity contribution is -0.115. The van der Waals surface area contributed by atoms with E-state index < -0.39 is 29.0 Å². The van der Waals surface area contributed by atoms with E-state index in [0.717, 1.165) is 18.5 Å². The lowest BCUT2D eigenvalue weighted by Crippen LogP contribution is -2.16. The summed E-state index contributed by atoms with van der Waals surface area (Å²) in [5, 5.41) is 2.11. The van der Waals surface area contributed by atoms with E-state index in [1.165, 1.54) is 6.26 Å². The van der Waals surface area contributed by atoms with Crippen LogP contribution >= 0.6 is 0 Å². The van der Waals surface area contributed by atoms with Crippen LogP contribution in [0.15, 0.2) is 29.2 Å². The molecule has 0 atom stereocenters. The summed E-state index contributed by atoms with van der Waals surface area (Å²) in [6, 6.07) is 1.67. The fourth-order valence-electron chi connectivity index (χ4n) is 1.31. The smallest absolute Gasteiger partial charge is 0.230 e. The van der Waals surface area contributed by atoms with Crippen LogP contribution in [0.3, 0.4) is 0 Å². The number of carbonyl (C=O) groups is 1. The first-order valence-corrected chi connectivity index (χ1v) is 4.88. The van der Waals surface area contributed by atoms with Crippen LogP contribution in [0.1, 0.15) is 5.69 Å². The molecule has 0 bridgehead atoms. The van der Waals surface area contributed by atoms with Crippen LogP contribution in [-0.2, 0) is 11.2 Å². The number of benzene rings is 1. The Morgan fingerprint density at radius 3 is 2.72 bits per heavy atom. The van der Waals surface area contributed by atoms with E-state index in [0.29, 0.717) is 5.69 Å². The van der Waals surface area contributed by atoms with Crippen LogP contribution in [0.25, 0.3) is 0 Å². The predicted molar refractivity (Wildman–Crippen MR) is 55.2 cm³/mol. The maximum atomic E-state index is 13.2. The van der Waals surface area contributed by atoms with Crippen LogP contribution in [-0.4, -0.2) is 10.9 Å². The van der Waals surface area contributed by atoms with Crippen LogP contribution in [0, 0.1) is 17.5 Å². The molecule has 1 N–H and O–H groups in total. The predicted octanol–water partition coefficient (Wildman–Crippen LogP) is 2.27. The molecule has 1 amide bonds. The van der Waals surface area contributed by atoms with Gasteiger partial charge in [0.05, 0.1) is 17.8 Å². The van der Waals surface area contributed by atoms with E-state index in [2.05, 4.69) is 14.7 Å². The summed E-state index contributed by atoms with van der Waals surface area (Å²) in [5.41, 5.74) is -0.0853. The number of nitrogens with one attached hydrogen (secondary N) is 1. The van der Waals surface area contributed by atoms with E-state index >= 15 is 0 Å². The molecule has 0 aliphatic rings. The quantitative estimate of drug-likeness (QED) is 0.857. The number of oxazole rings is 1. The fraction of sp³-hybridized carbons (Fsp3) is 0.0909. The van der Waals surface area contributed by atoms with Gasteiger partial charge in [-0.25, -0.2) is 18.2 Å². The zero-order valence-corrected chi connectivity index (χ0v) is 8.91. The minimum Gasteiger partial charge on any atom is -0.451 e. The van der Waals surface area contributed by atoms with Gasteiger partial charge >= 0.3 is 0 Å². The Hall–Kier alpha value is -2.31. The van der Waals surface area contributed by atoms with Crippen molar-refractivity contribution < 1.29 is 22.4 Å². The lowest BCUT2D eigenvalue weighted by atomic mass is 10.2. The normalized spacial score (nSPS) is 10.4. The van der Waals surface area contributed by atoms with Gasteiger partial charge in [0.1, 0.15) is 6.26 Å². The maximum absolute atomic E-state index is 13.2. The van der Waals surface area contributed by atoms with Crippen LogP contribution in [0.2, 0.25) is 0 Å². The van der Waals surface area contributed by atoms with Crippen molar-refractivity contribution >= 4 is 11.6 Å². The van der Waals surface area contributed by atoms with Gasteiger partial charge in [0.2, 0.25) is 5.91 Å². The molecule has 0 unspecified atom stereocenters. The maximum Gasteiger partial charge on any atom is 0.230 e. The Morgan fingerprint density at radius 1 is 1.28 bits per heavy atom. The van der Waals surface area contributed by atoms with Crippen molar-refractivity contribution in [2.45, 2.75) is 6.42 Å². The molecule has 94 valence electrons. The fourth-order valence-corrected chi connectivity index (χ4v) is 1.31. The van der Waals surface area contributed by atoms with Gasteiger partial charge in [-0.3, -0.25) is 4.79 Å². The molecule has 0 saturated carbocycles. The number of anilines is 1. The van der Waals surface area contributed by atoms with Gasteiger partial charge < -0.3 is 9.73 Å². The highest BCUT2D eigenvalue weighted by atomic mass is 19.2. The molecule has 0 fully saturated rings. The van der Waals surface area contributed by atoms with Crippen molar-refractivity contribution in [3.63, 3.8) is 0 Å². The first-order chi connectivity index (χ1) is 8.58. The summed E-state index contributed by atoms with van der Waals surface area (Å²) in [7, 11) is 0. The molecule has 2 rings (SSSR count). The van der Waals surface area contributed by atoms with E-state index in [9.17, 15) is 18.0 Å². The summed E-state index contributed by atoms with van der Waals surface area (Å²) in [4.78, 5) is 15.1. The molecule has 7 heteroatoms. The van der Waals surface area contributed by atoms with Crippen molar-refractivity contribution in [1.29, 1.82) is 0 Å². The summed E-state index contributed by atoms with van der Waals surface area (Å²) in [6.45, 7) is 0. The Labute approximate surface area is 99.4 Å². The minimum absolute atomic E-state index is 0.158. The van der Waals surface area contributed by atoms with Gasteiger partial charge in [-0.2, -0.15) is 0 Å². The average molecular weight is 256 g/mol. The molecule has 1 heterocycles. The number of aromatic nitrogens is 1. The third-order valence-corrected chi connectivity index (χ3v) is 2.13. The Balaban J connectivity index is 2.10. The molecule has 0 saturated heterocycles. The van der Waals surface area contributed by atoms with Gasteiger partial charge in [-0.15, -0.1) is 0 Å². The third-order valence-electron chi connectivity index (χ3n) is 2.13. The highest BCUT2D eigenvalue weighted by Crippen LogP contribution is 2.19. The van der Waals surface area contributed by atoms with Crippen LogP contribution in [0.5, 0.6) is 0 Å². The standard InChI is InChI=1S/C11H7F3N2O2/c12-7-1-2-8(11(14)10(7)13)16-9(17)3-6-4-18-5-15-6/h1-2,4-5H,3H2,(H,16,17). The molecule has 0 spiro atoms. The molecule has 2 aromatic rings. The number of carbonyl (C=O) groups excluding carboxylic acids is 1. The molecule has 18 heavy (non-hydrogen) atoms. The highest BCUT2D eigenvalue weighted by Gasteiger charge is 2.15. The number of halogens is 3.